The van der Waals surface area contributed by atoms with E-state index in [0.717, 1.165) is 16.5 Å². The molecule has 110 valence electrons. The molecule has 0 unspecified atom stereocenters. The molecule has 0 fully saturated rings. The summed E-state index contributed by atoms with van der Waals surface area (Å²) in [5, 5.41) is 2.16. The Morgan fingerprint density at radius 2 is 1.24 bits per heavy atom. The molecule has 21 heavy (non-hydrogen) atoms. The summed E-state index contributed by atoms with van der Waals surface area (Å²) in [5.74, 6) is 0. The van der Waals surface area contributed by atoms with Crippen molar-refractivity contribution < 1.29 is 29.6 Å². The molecule has 0 amide bonds. The van der Waals surface area contributed by atoms with Crippen LogP contribution in [-0.2, 0) is 0 Å². The van der Waals surface area contributed by atoms with E-state index in [0.29, 0.717) is 5.69 Å². The molecule has 2 aromatic carbocycles. The number of fused-ring (bicyclic) bond motifs is 1. The van der Waals surface area contributed by atoms with Crippen LogP contribution in [0.4, 0.5) is 11.4 Å². The number of benzene rings is 2. The maximum absolute atomic E-state index is 7.78. The molecule has 3 heteroatoms. The predicted octanol–water partition coefficient (Wildman–Crippen LogP) is 3.22. The minimum absolute atomic E-state index is 0. The van der Waals surface area contributed by atoms with Crippen molar-refractivity contribution >= 4 is 22.1 Å². The minimum Gasteiger partial charge on any atom is -0.698 e. The largest absolute Gasteiger partial charge is 1.00 e. The fourth-order valence-electron chi connectivity index (χ4n) is 1.68. The van der Waals surface area contributed by atoms with Crippen LogP contribution in [0.15, 0.2) is 62.7 Å². The van der Waals surface area contributed by atoms with Crippen molar-refractivity contribution in [3.8, 4) is 0 Å². The van der Waals surface area contributed by atoms with Crippen LogP contribution in [0, 0.1) is 0 Å². The Bertz CT molecular complexity index is 494. The number of hydrogen-bond donors (Lipinski definition) is 0. The molecule has 0 saturated carbocycles. The van der Waals surface area contributed by atoms with E-state index in [9.17, 15) is 0 Å². The van der Waals surface area contributed by atoms with Gasteiger partial charge in [0.2, 0.25) is 0 Å². The van der Waals surface area contributed by atoms with E-state index >= 15 is 0 Å². The summed E-state index contributed by atoms with van der Waals surface area (Å²) in [5.41, 5.74) is 9.54. The van der Waals surface area contributed by atoms with Gasteiger partial charge in [-0.2, -0.15) is 0 Å². The summed E-state index contributed by atoms with van der Waals surface area (Å²) in [6.45, 7) is 16.0. The Hall–Kier alpha value is -1.22. The zero-order chi connectivity index (χ0) is 16.1. The Kier molecular flexibility index (Phi) is 17.9. The van der Waals surface area contributed by atoms with Gasteiger partial charge in [0.15, 0.2) is 0 Å². The van der Waals surface area contributed by atoms with E-state index in [-0.39, 0.29) is 29.6 Å². The molecule has 1 N–H and O–H groups in total. The predicted molar refractivity (Wildman–Crippen MR) is 96.1 cm³/mol. The molecule has 0 bridgehead atoms. The van der Waals surface area contributed by atoms with Crippen LogP contribution in [0.3, 0.4) is 0 Å². The summed E-state index contributed by atoms with van der Waals surface area (Å²) in [6.07, 6.45) is 0. The molecule has 2 rings (SSSR count). The van der Waals surface area contributed by atoms with Crippen molar-refractivity contribution in [2.24, 2.45) is 0 Å². The van der Waals surface area contributed by atoms with E-state index in [1.807, 2.05) is 52.2 Å². The van der Waals surface area contributed by atoms with Gasteiger partial charge in [-0.15, -0.1) is 32.0 Å². The monoisotopic (exact) mass is 294 g/mol. The van der Waals surface area contributed by atoms with Crippen LogP contribution in [-0.4, -0.2) is 14.1 Å². The van der Waals surface area contributed by atoms with E-state index in [1.165, 1.54) is 0 Å². The van der Waals surface area contributed by atoms with Crippen molar-refractivity contribution in [2.75, 3.05) is 19.0 Å². The minimum atomic E-state index is 0. The van der Waals surface area contributed by atoms with Crippen molar-refractivity contribution in [3.63, 3.8) is 0 Å². The molecule has 0 aliphatic heterocycles. The first-order chi connectivity index (χ1) is 9.70. The van der Waals surface area contributed by atoms with Crippen LogP contribution in [0.25, 0.3) is 16.5 Å². The smallest absolute Gasteiger partial charge is 0.698 e. The van der Waals surface area contributed by atoms with Crippen LogP contribution in [0.2, 0.25) is 0 Å². The average Bonchev–Trinajstić information content (AvgIpc) is 2.53. The summed E-state index contributed by atoms with van der Waals surface area (Å²) in [7, 11) is 4.04. The molecule has 0 aliphatic carbocycles. The molecule has 2 nitrogen and oxygen atoms in total. The van der Waals surface area contributed by atoms with Crippen LogP contribution >= 0.6 is 0 Å². The van der Waals surface area contributed by atoms with Crippen LogP contribution in [0.5, 0.6) is 0 Å². The van der Waals surface area contributed by atoms with Gasteiger partial charge in [0.25, 0.3) is 0 Å². The van der Waals surface area contributed by atoms with Gasteiger partial charge in [-0.1, -0.05) is 44.2 Å². The average molecular weight is 294 g/mol. The van der Waals surface area contributed by atoms with Gasteiger partial charge in [0.1, 0.15) is 0 Å². The molecular weight excluding hydrogens is 267 g/mol. The van der Waals surface area contributed by atoms with Gasteiger partial charge in [0, 0.05) is 25.2 Å². The Balaban J connectivity index is -0.000000414. The topological polar surface area (TPSA) is 27.0 Å². The second kappa shape index (κ2) is 15.2. The van der Waals surface area contributed by atoms with E-state index < -0.39 is 0 Å². The van der Waals surface area contributed by atoms with Gasteiger partial charge in [-0.05, 0) is 11.5 Å². The molecule has 0 saturated heterocycles. The number of hydrogen-bond acceptors (Lipinski definition) is 1. The van der Waals surface area contributed by atoms with E-state index in [1.54, 1.807) is 0 Å². The van der Waals surface area contributed by atoms with Gasteiger partial charge in [-0.25, -0.2) is 0 Å². The molecule has 2 aromatic rings. The Morgan fingerprint density at radius 1 is 0.810 bits per heavy atom. The van der Waals surface area contributed by atoms with E-state index in [4.69, 9.17) is 5.73 Å². The first kappa shape index (κ1) is 24.8. The van der Waals surface area contributed by atoms with Crippen molar-refractivity contribution in [1.82, 2.24) is 0 Å². The third-order valence-electron chi connectivity index (χ3n) is 2.38. The number of nitrogens with zero attached hydrogens (tertiary/aromatic N) is 1. The fourth-order valence-corrected chi connectivity index (χ4v) is 1.68. The zero-order valence-electron chi connectivity index (χ0n) is 14.2. The zero-order valence-corrected chi connectivity index (χ0v) is 16.2. The Labute approximate surface area is 152 Å². The molecule has 0 atom stereocenters. The van der Waals surface area contributed by atoms with E-state index in [2.05, 4.69) is 43.3 Å². The molecule has 0 aromatic heterocycles. The fraction of sp³-hybridized carbons (Fsp3) is 0.222. The third kappa shape index (κ3) is 7.37. The number of anilines is 1. The quantitative estimate of drug-likeness (QED) is 0.586. The van der Waals surface area contributed by atoms with Crippen molar-refractivity contribution in [1.29, 1.82) is 0 Å². The molecule has 0 spiro atoms. The summed E-state index contributed by atoms with van der Waals surface area (Å²) < 4.78 is 0. The molecule has 0 heterocycles. The summed E-state index contributed by atoms with van der Waals surface area (Å²) in [6, 6.07) is 11.9. The Morgan fingerprint density at radius 3 is 1.71 bits per heavy atom. The van der Waals surface area contributed by atoms with Gasteiger partial charge in [0.05, 0.1) is 0 Å². The molecule has 0 aliphatic rings. The molecule has 0 radical (unpaired) electrons. The summed E-state index contributed by atoms with van der Waals surface area (Å²) >= 11 is 0. The number of nitrogens with one attached hydrogen (secondary N) is 1. The number of rotatable bonds is 1. The SMILES string of the molecule is C=C.C=C.CC.CN(C)c1cccc2c([NH-])cccc12.[Na+]. The van der Waals surface area contributed by atoms with Crippen molar-refractivity contribution in [3.05, 3.63) is 68.4 Å². The maximum atomic E-state index is 7.78. The maximum Gasteiger partial charge on any atom is 1.00 e. The summed E-state index contributed by atoms with van der Waals surface area (Å²) in [4.78, 5) is 2.07. The normalized spacial score (nSPS) is 7.62. The van der Waals surface area contributed by atoms with Gasteiger partial charge >= 0.3 is 29.6 Å². The first-order valence-corrected chi connectivity index (χ1v) is 6.61. The molecular formula is C18H27N2Na. The second-order valence-corrected chi connectivity index (χ2v) is 3.57. The second-order valence-electron chi connectivity index (χ2n) is 3.57. The van der Waals surface area contributed by atoms with Crippen LogP contribution < -0.4 is 34.5 Å². The van der Waals surface area contributed by atoms with Crippen LogP contribution in [0.1, 0.15) is 13.8 Å². The first-order valence-electron chi connectivity index (χ1n) is 6.61. The third-order valence-corrected chi connectivity index (χ3v) is 2.38. The standard InChI is InChI=1S/C12H13N2.C2H6.2C2H4.Na/c1-14(2)12-8-4-5-9-10(12)6-3-7-11(9)13;3*1-2;/h3-8,13H,1-2H3;1-2H3;2*1-2H2;/q-1;;;;+1. The van der Waals surface area contributed by atoms with Gasteiger partial charge in [-0.3, -0.25) is 0 Å². The van der Waals surface area contributed by atoms with Crippen molar-refractivity contribution in [2.45, 2.75) is 13.8 Å². The van der Waals surface area contributed by atoms with Gasteiger partial charge < -0.3 is 10.6 Å².